The minimum absolute atomic E-state index is 0.552. The first-order chi connectivity index (χ1) is 12.3. The molecule has 132 valence electrons. The molecule has 0 aliphatic heterocycles. The van der Waals surface area contributed by atoms with E-state index in [1.165, 1.54) is 11.1 Å². The van der Waals surface area contributed by atoms with E-state index in [-0.39, 0.29) is 0 Å². The first-order valence-corrected chi connectivity index (χ1v) is 9.44. The first kappa shape index (κ1) is 19.3. The van der Waals surface area contributed by atoms with Crippen LogP contribution in [0.1, 0.15) is 6.92 Å². The van der Waals surface area contributed by atoms with Gasteiger partial charge in [-0.3, -0.25) is 4.90 Å². The maximum atomic E-state index is 5.79. The lowest BCUT2D eigenvalue weighted by Crippen LogP contribution is -2.28. The molecule has 0 saturated carbocycles. The Morgan fingerprint density at radius 2 is 2.12 bits per heavy atom. The van der Waals surface area contributed by atoms with Crippen LogP contribution >= 0.6 is 11.3 Å². The van der Waals surface area contributed by atoms with Gasteiger partial charge in [0.2, 0.25) is 0 Å². The number of rotatable bonds is 11. The Morgan fingerprint density at radius 3 is 2.88 bits per heavy atom. The molecule has 1 aromatic carbocycles. The summed E-state index contributed by atoms with van der Waals surface area (Å²) in [6.07, 6.45) is 8.93. The van der Waals surface area contributed by atoms with Crippen LogP contribution in [0, 0.1) is 12.3 Å². The molecule has 0 saturated heterocycles. The highest BCUT2D eigenvalue weighted by molar-refractivity contribution is 7.08. The molecule has 2 rings (SSSR count). The predicted octanol–water partition coefficient (Wildman–Crippen LogP) is 4.32. The molecule has 3 nitrogen and oxygen atoms in total. The second-order valence-electron chi connectivity index (χ2n) is 5.46. The molecule has 0 aliphatic carbocycles. The first-order valence-electron chi connectivity index (χ1n) is 8.50. The molecule has 0 amide bonds. The lowest BCUT2D eigenvalue weighted by atomic mass is 10.1. The molecule has 25 heavy (non-hydrogen) atoms. The van der Waals surface area contributed by atoms with Crippen molar-refractivity contribution in [3.05, 3.63) is 53.2 Å². The van der Waals surface area contributed by atoms with Gasteiger partial charge in [0.25, 0.3) is 0 Å². The molecule has 0 bridgehead atoms. The average Bonchev–Trinajstić information content (AvgIpc) is 3.18. The lowest BCUT2D eigenvalue weighted by molar-refractivity contribution is 0.0832. The summed E-state index contributed by atoms with van der Waals surface area (Å²) in [6, 6.07) is 10.3. The van der Waals surface area contributed by atoms with E-state index >= 15 is 0 Å². The van der Waals surface area contributed by atoms with Gasteiger partial charge >= 0.3 is 0 Å². The summed E-state index contributed by atoms with van der Waals surface area (Å²) in [5.74, 6) is 3.38. The Labute approximate surface area is 154 Å². The van der Waals surface area contributed by atoms with Gasteiger partial charge < -0.3 is 9.47 Å². The number of benzene rings is 1. The topological polar surface area (TPSA) is 21.7 Å². The Bertz CT molecular complexity index is 673. The maximum Gasteiger partial charge on any atom is 0.120 e. The normalized spacial score (nSPS) is 11.1. The van der Waals surface area contributed by atoms with E-state index in [0.717, 1.165) is 25.4 Å². The summed E-state index contributed by atoms with van der Waals surface area (Å²) in [5.41, 5.74) is 2.41. The smallest absolute Gasteiger partial charge is 0.120 e. The number of allylic oxidation sites excluding steroid dienone is 1. The van der Waals surface area contributed by atoms with Gasteiger partial charge in [-0.15, -0.1) is 6.42 Å². The van der Waals surface area contributed by atoms with Crippen molar-refractivity contribution >= 4 is 11.3 Å². The fourth-order valence-electron chi connectivity index (χ4n) is 2.36. The third kappa shape index (κ3) is 7.15. The number of ether oxygens (including phenoxy) is 2. The fourth-order valence-corrected chi connectivity index (χ4v) is 3.02. The monoisotopic (exact) mass is 355 g/mol. The molecule has 0 spiro atoms. The lowest BCUT2D eigenvalue weighted by Gasteiger charge is -2.18. The summed E-state index contributed by atoms with van der Waals surface area (Å²) in [6.45, 7) is 6.68. The second kappa shape index (κ2) is 11.5. The van der Waals surface area contributed by atoms with E-state index in [2.05, 4.69) is 46.7 Å². The van der Waals surface area contributed by atoms with Crippen molar-refractivity contribution in [3.63, 3.8) is 0 Å². The third-order valence-corrected chi connectivity index (χ3v) is 4.44. The van der Waals surface area contributed by atoms with Crippen LogP contribution < -0.4 is 4.74 Å². The van der Waals surface area contributed by atoms with Crippen LogP contribution in [0.5, 0.6) is 5.75 Å². The zero-order valence-electron chi connectivity index (χ0n) is 14.7. The molecule has 0 unspecified atom stereocenters. The van der Waals surface area contributed by atoms with Crippen molar-refractivity contribution in [2.75, 3.05) is 39.5 Å². The van der Waals surface area contributed by atoms with Crippen LogP contribution in [0.15, 0.2) is 53.2 Å². The summed E-state index contributed by atoms with van der Waals surface area (Å²) in [7, 11) is 0. The van der Waals surface area contributed by atoms with Gasteiger partial charge in [-0.05, 0) is 52.7 Å². The quantitative estimate of drug-likeness (QED) is 0.442. The highest BCUT2D eigenvalue weighted by Gasteiger charge is 2.02. The van der Waals surface area contributed by atoms with Crippen LogP contribution in [0.2, 0.25) is 0 Å². The van der Waals surface area contributed by atoms with Gasteiger partial charge in [-0.25, -0.2) is 0 Å². The van der Waals surface area contributed by atoms with Crippen LogP contribution in [-0.2, 0) is 4.74 Å². The number of hydrogen-bond acceptors (Lipinski definition) is 4. The summed E-state index contributed by atoms with van der Waals surface area (Å²) in [4.78, 5) is 2.28. The SMILES string of the molecule is C#CC=CCN(CC)CCOCCOc1cccc(-c2ccsc2)c1. The van der Waals surface area contributed by atoms with E-state index in [1.807, 2.05) is 18.2 Å². The van der Waals surface area contributed by atoms with Crippen LogP contribution in [0.25, 0.3) is 11.1 Å². The van der Waals surface area contributed by atoms with Crippen molar-refractivity contribution in [2.24, 2.45) is 0 Å². The number of thiophene rings is 1. The third-order valence-electron chi connectivity index (χ3n) is 3.76. The molecule has 1 aromatic heterocycles. The van der Waals surface area contributed by atoms with Crippen molar-refractivity contribution in [1.29, 1.82) is 0 Å². The van der Waals surface area contributed by atoms with Crippen LogP contribution in [0.4, 0.5) is 0 Å². The number of likely N-dealkylation sites (N-methyl/N-ethyl adjacent to an activating group) is 1. The molecular weight excluding hydrogens is 330 g/mol. The van der Waals surface area contributed by atoms with Crippen molar-refractivity contribution in [2.45, 2.75) is 6.92 Å². The van der Waals surface area contributed by atoms with Gasteiger partial charge in [0, 0.05) is 13.1 Å². The number of terminal acetylenes is 1. The summed E-state index contributed by atoms with van der Waals surface area (Å²) in [5, 5.41) is 4.22. The molecule has 0 fully saturated rings. The largest absolute Gasteiger partial charge is 0.491 e. The highest BCUT2D eigenvalue weighted by Crippen LogP contribution is 2.25. The van der Waals surface area contributed by atoms with E-state index in [9.17, 15) is 0 Å². The molecule has 0 atom stereocenters. The minimum Gasteiger partial charge on any atom is -0.491 e. The Kier molecular flexibility index (Phi) is 8.85. The maximum absolute atomic E-state index is 5.79. The summed E-state index contributed by atoms with van der Waals surface area (Å²) >= 11 is 1.70. The Balaban J connectivity index is 1.64. The average molecular weight is 356 g/mol. The molecule has 0 aliphatic rings. The molecule has 2 aromatic rings. The molecule has 0 radical (unpaired) electrons. The fraction of sp³-hybridized carbons (Fsp3) is 0.333. The molecule has 0 N–H and O–H groups in total. The zero-order valence-corrected chi connectivity index (χ0v) is 15.5. The van der Waals surface area contributed by atoms with Crippen molar-refractivity contribution in [3.8, 4) is 29.2 Å². The van der Waals surface area contributed by atoms with Crippen LogP contribution in [0.3, 0.4) is 0 Å². The van der Waals surface area contributed by atoms with Crippen LogP contribution in [-0.4, -0.2) is 44.4 Å². The van der Waals surface area contributed by atoms with E-state index < -0.39 is 0 Å². The molecule has 4 heteroatoms. The summed E-state index contributed by atoms with van der Waals surface area (Å²) < 4.78 is 11.5. The minimum atomic E-state index is 0.552. The van der Waals surface area contributed by atoms with E-state index in [0.29, 0.717) is 19.8 Å². The van der Waals surface area contributed by atoms with E-state index in [1.54, 1.807) is 17.4 Å². The predicted molar refractivity (Wildman–Crippen MR) is 106 cm³/mol. The highest BCUT2D eigenvalue weighted by atomic mass is 32.1. The Hall–Kier alpha value is -2.06. The zero-order chi connectivity index (χ0) is 17.7. The Morgan fingerprint density at radius 1 is 1.20 bits per heavy atom. The standard InChI is InChI=1S/C21H25NO2S/c1-3-5-6-11-22(4-2)12-13-23-14-15-24-21-9-7-8-19(17-21)20-10-16-25-18-20/h1,5-10,16-18H,4,11-15H2,2H3. The number of nitrogens with zero attached hydrogens (tertiary/aromatic N) is 1. The molecule has 1 heterocycles. The van der Waals surface area contributed by atoms with Gasteiger partial charge in [0.1, 0.15) is 12.4 Å². The van der Waals surface area contributed by atoms with Crippen molar-refractivity contribution < 1.29 is 9.47 Å². The van der Waals surface area contributed by atoms with Crippen molar-refractivity contribution in [1.82, 2.24) is 4.90 Å². The molecular formula is C21H25NO2S. The van der Waals surface area contributed by atoms with Gasteiger partial charge in [-0.1, -0.05) is 31.1 Å². The second-order valence-corrected chi connectivity index (χ2v) is 6.24. The van der Waals surface area contributed by atoms with E-state index in [4.69, 9.17) is 15.9 Å². The van der Waals surface area contributed by atoms with Gasteiger partial charge in [0.05, 0.1) is 13.2 Å². The van der Waals surface area contributed by atoms with Gasteiger partial charge in [0.15, 0.2) is 0 Å². The van der Waals surface area contributed by atoms with Gasteiger partial charge in [-0.2, -0.15) is 11.3 Å². The number of hydrogen-bond donors (Lipinski definition) is 0.